The number of hydrogen-bond donors (Lipinski definition) is 1. The van der Waals surface area contributed by atoms with Gasteiger partial charge in [-0.2, -0.15) is 16.9 Å². The van der Waals surface area contributed by atoms with Crippen molar-refractivity contribution < 1.29 is 4.79 Å². The molecule has 0 radical (unpaired) electrons. The Morgan fingerprint density at radius 2 is 2.06 bits per heavy atom. The van der Waals surface area contributed by atoms with Crippen molar-refractivity contribution in [3.05, 3.63) is 35.4 Å². The van der Waals surface area contributed by atoms with E-state index in [1.165, 1.54) is 5.56 Å². The van der Waals surface area contributed by atoms with E-state index in [-0.39, 0.29) is 11.2 Å². The van der Waals surface area contributed by atoms with Crippen molar-refractivity contribution in [1.82, 2.24) is 5.43 Å². The number of nitrogens with one attached hydrogen (secondary N) is 1. The quantitative estimate of drug-likeness (QED) is 0.849. The summed E-state index contributed by atoms with van der Waals surface area (Å²) in [5.74, 6) is 0.00311. The van der Waals surface area contributed by atoms with Gasteiger partial charge in [-0.1, -0.05) is 29.8 Å². The summed E-state index contributed by atoms with van der Waals surface area (Å²) in [6, 6.07) is 8.21. The van der Waals surface area contributed by atoms with Crippen molar-refractivity contribution in [2.24, 2.45) is 5.10 Å². The average molecular weight is 234 g/mol. The first-order chi connectivity index (χ1) is 7.70. The molecule has 1 heterocycles. The number of amides is 1. The van der Waals surface area contributed by atoms with E-state index in [0.717, 1.165) is 11.3 Å². The molecule has 1 unspecified atom stereocenters. The molecule has 16 heavy (non-hydrogen) atoms. The van der Waals surface area contributed by atoms with Gasteiger partial charge in [0.2, 0.25) is 0 Å². The minimum absolute atomic E-state index is 0.00311. The molecule has 1 aromatic rings. The van der Waals surface area contributed by atoms with Crippen LogP contribution in [0.4, 0.5) is 0 Å². The lowest BCUT2D eigenvalue weighted by Gasteiger charge is -2.19. The van der Waals surface area contributed by atoms with Crippen LogP contribution < -0.4 is 5.43 Å². The van der Waals surface area contributed by atoms with Gasteiger partial charge in [0.25, 0.3) is 5.91 Å². The van der Waals surface area contributed by atoms with Crippen LogP contribution in [-0.2, 0) is 4.79 Å². The van der Waals surface area contributed by atoms with Crippen LogP contribution in [0.25, 0.3) is 0 Å². The predicted octanol–water partition coefficient (Wildman–Crippen LogP) is 1.95. The van der Waals surface area contributed by atoms with Gasteiger partial charge in [0.1, 0.15) is 0 Å². The van der Waals surface area contributed by atoms with Gasteiger partial charge in [-0.15, -0.1) is 0 Å². The largest absolute Gasteiger partial charge is 0.272 e. The Labute approximate surface area is 99.3 Å². The molecule has 0 aliphatic carbocycles. The van der Waals surface area contributed by atoms with Crippen molar-refractivity contribution >= 4 is 23.4 Å². The minimum Gasteiger partial charge on any atom is -0.272 e. The topological polar surface area (TPSA) is 41.5 Å². The summed E-state index contributed by atoms with van der Waals surface area (Å²) in [6.45, 7) is 2.05. The lowest BCUT2D eigenvalue weighted by atomic mass is 10.0. The van der Waals surface area contributed by atoms with E-state index in [0.29, 0.717) is 6.42 Å². The predicted molar refractivity (Wildman–Crippen MR) is 67.8 cm³/mol. The Hall–Kier alpha value is -1.29. The first kappa shape index (κ1) is 11.2. The molecule has 1 N–H and O–H groups in total. The van der Waals surface area contributed by atoms with Crippen molar-refractivity contribution in [2.45, 2.75) is 18.6 Å². The number of nitrogens with zero attached hydrogens (tertiary/aromatic N) is 1. The highest BCUT2D eigenvalue weighted by Gasteiger charge is 2.24. The molecule has 3 nitrogen and oxygen atoms in total. The zero-order valence-corrected chi connectivity index (χ0v) is 10.2. The third-order valence-corrected chi connectivity index (χ3v) is 3.59. The van der Waals surface area contributed by atoms with Crippen LogP contribution in [0.5, 0.6) is 0 Å². The van der Waals surface area contributed by atoms with Crippen LogP contribution in [0.1, 0.15) is 17.5 Å². The summed E-state index contributed by atoms with van der Waals surface area (Å²) in [5.41, 5.74) is 5.85. The molecule has 1 aliphatic heterocycles. The molecule has 0 aromatic heterocycles. The molecule has 1 atom stereocenters. The Kier molecular flexibility index (Phi) is 3.29. The molecule has 2 rings (SSSR count). The van der Waals surface area contributed by atoms with Crippen LogP contribution in [0.2, 0.25) is 0 Å². The smallest absolute Gasteiger partial charge is 0.253 e. The van der Waals surface area contributed by atoms with Gasteiger partial charge in [0, 0.05) is 6.42 Å². The SMILES string of the molecule is CSC1CC(c2ccc(C)cc2)=NNC1=O. The number of hydrazone groups is 1. The lowest BCUT2D eigenvalue weighted by Crippen LogP contribution is -2.36. The van der Waals surface area contributed by atoms with Gasteiger partial charge in [-0.05, 0) is 18.7 Å². The molecule has 1 amide bonds. The molecule has 84 valence electrons. The van der Waals surface area contributed by atoms with E-state index >= 15 is 0 Å². The first-order valence-corrected chi connectivity index (χ1v) is 6.46. The van der Waals surface area contributed by atoms with Crippen LogP contribution in [0, 0.1) is 6.92 Å². The summed E-state index contributed by atoms with van der Waals surface area (Å²) in [6.07, 6.45) is 2.65. The standard InChI is InChI=1S/C12H14N2OS/c1-8-3-5-9(6-4-8)10-7-11(16-2)12(15)14-13-10/h3-6,11H,7H2,1-2H3,(H,14,15). The number of carbonyl (C=O) groups excluding carboxylic acids is 1. The molecule has 0 bridgehead atoms. The van der Waals surface area contributed by atoms with Crippen molar-refractivity contribution in [3.63, 3.8) is 0 Å². The average Bonchev–Trinajstić information content (AvgIpc) is 2.31. The lowest BCUT2D eigenvalue weighted by molar-refractivity contribution is -0.120. The number of carbonyl (C=O) groups is 1. The molecule has 0 fully saturated rings. The second kappa shape index (κ2) is 4.70. The summed E-state index contributed by atoms with van der Waals surface area (Å²) in [4.78, 5) is 11.4. The second-order valence-electron chi connectivity index (χ2n) is 3.83. The maximum Gasteiger partial charge on any atom is 0.253 e. The van der Waals surface area contributed by atoms with Gasteiger partial charge in [-0.25, -0.2) is 5.43 Å². The van der Waals surface area contributed by atoms with E-state index in [2.05, 4.69) is 29.6 Å². The summed E-state index contributed by atoms with van der Waals surface area (Å²) >= 11 is 1.56. The summed E-state index contributed by atoms with van der Waals surface area (Å²) in [5, 5.41) is 4.09. The highest BCUT2D eigenvalue weighted by Crippen LogP contribution is 2.19. The van der Waals surface area contributed by atoms with Crippen molar-refractivity contribution in [1.29, 1.82) is 0 Å². The summed E-state index contributed by atoms with van der Waals surface area (Å²) in [7, 11) is 0. The molecular weight excluding hydrogens is 220 g/mol. The monoisotopic (exact) mass is 234 g/mol. The van der Waals surface area contributed by atoms with Gasteiger partial charge in [0.15, 0.2) is 0 Å². The molecule has 1 aliphatic rings. The van der Waals surface area contributed by atoms with Crippen LogP contribution in [0.15, 0.2) is 29.4 Å². The third kappa shape index (κ3) is 2.27. The van der Waals surface area contributed by atoms with Gasteiger partial charge < -0.3 is 0 Å². The van der Waals surface area contributed by atoms with Crippen molar-refractivity contribution in [2.75, 3.05) is 6.26 Å². The molecule has 0 spiro atoms. The van der Waals surface area contributed by atoms with Gasteiger partial charge in [0.05, 0.1) is 11.0 Å². The highest BCUT2D eigenvalue weighted by molar-refractivity contribution is 7.99. The van der Waals surface area contributed by atoms with E-state index in [9.17, 15) is 4.79 Å². The number of aryl methyl sites for hydroxylation is 1. The summed E-state index contributed by atoms with van der Waals surface area (Å²) < 4.78 is 0. The molecular formula is C12H14N2OS. The zero-order valence-electron chi connectivity index (χ0n) is 9.36. The fourth-order valence-electron chi connectivity index (χ4n) is 1.63. The van der Waals surface area contributed by atoms with Gasteiger partial charge in [-0.3, -0.25) is 4.79 Å². The molecule has 4 heteroatoms. The maximum absolute atomic E-state index is 11.4. The number of thioether (sulfide) groups is 1. The Bertz CT molecular complexity index is 425. The number of benzene rings is 1. The fourth-order valence-corrected chi connectivity index (χ4v) is 2.22. The van der Waals surface area contributed by atoms with E-state index in [1.54, 1.807) is 11.8 Å². The highest BCUT2D eigenvalue weighted by atomic mass is 32.2. The maximum atomic E-state index is 11.4. The Balaban J connectivity index is 2.22. The van der Waals surface area contributed by atoms with Crippen LogP contribution >= 0.6 is 11.8 Å². The Morgan fingerprint density at radius 1 is 1.38 bits per heavy atom. The van der Waals surface area contributed by atoms with E-state index < -0.39 is 0 Å². The minimum atomic E-state index is -0.0196. The van der Waals surface area contributed by atoms with Crippen molar-refractivity contribution in [3.8, 4) is 0 Å². The van der Waals surface area contributed by atoms with Crippen LogP contribution in [0.3, 0.4) is 0 Å². The second-order valence-corrected chi connectivity index (χ2v) is 4.87. The fraction of sp³-hybridized carbons (Fsp3) is 0.333. The normalized spacial score (nSPS) is 20.2. The number of hydrogen-bond acceptors (Lipinski definition) is 3. The van der Waals surface area contributed by atoms with Crippen LogP contribution in [-0.4, -0.2) is 23.1 Å². The third-order valence-electron chi connectivity index (χ3n) is 2.64. The van der Waals surface area contributed by atoms with Gasteiger partial charge >= 0.3 is 0 Å². The van der Waals surface area contributed by atoms with E-state index in [4.69, 9.17) is 0 Å². The number of rotatable bonds is 2. The molecule has 0 saturated heterocycles. The first-order valence-electron chi connectivity index (χ1n) is 5.17. The molecule has 0 saturated carbocycles. The van der Waals surface area contributed by atoms with E-state index in [1.807, 2.05) is 18.4 Å². The Morgan fingerprint density at radius 3 is 2.69 bits per heavy atom. The zero-order chi connectivity index (χ0) is 11.5. The molecule has 1 aromatic carbocycles.